The van der Waals surface area contributed by atoms with Crippen molar-refractivity contribution in [2.75, 3.05) is 13.1 Å². The van der Waals surface area contributed by atoms with E-state index in [9.17, 15) is 8.42 Å². The molecule has 19 heavy (non-hydrogen) atoms. The molecule has 6 heteroatoms. The maximum atomic E-state index is 12.6. The largest absolute Gasteiger partial charge is 0.312 e. The van der Waals surface area contributed by atoms with E-state index in [1.807, 2.05) is 40.7 Å². The third-order valence-corrected chi connectivity index (χ3v) is 6.40. The van der Waals surface area contributed by atoms with Gasteiger partial charge in [-0.1, -0.05) is 13.8 Å². The first-order valence-corrected chi connectivity index (χ1v) is 8.92. The highest BCUT2D eigenvalue weighted by molar-refractivity contribution is 7.89. The molecule has 0 aliphatic carbocycles. The average Bonchev–Trinajstić information content (AvgIpc) is 2.68. The zero-order valence-corrected chi connectivity index (χ0v) is 14.0. The summed E-state index contributed by atoms with van der Waals surface area (Å²) in [5.74, 6) is 0. The van der Waals surface area contributed by atoms with Crippen LogP contribution >= 0.6 is 11.3 Å². The van der Waals surface area contributed by atoms with E-state index < -0.39 is 10.0 Å². The van der Waals surface area contributed by atoms with E-state index in [1.54, 1.807) is 15.6 Å². The SMILES string of the molecule is CCNCc1cc(S(=O)(=O)N(CC)C(C)C)c(C)s1. The second-order valence-electron chi connectivity index (χ2n) is 4.72. The molecule has 1 heterocycles. The van der Waals surface area contributed by atoms with Crippen molar-refractivity contribution in [2.24, 2.45) is 0 Å². The first-order chi connectivity index (χ1) is 8.84. The highest BCUT2D eigenvalue weighted by Gasteiger charge is 2.28. The highest BCUT2D eigenvalue weighted by atomic mass is 32.2. The summed E-state index contributed by atoms with van der Waals surface area (Å²) < 4.78 is 26.8. The second-order valence-corrected chi connectivity index (χ2v) is 7.92. The summed E-state index contributed by atoms with van der Waals surface area (Å²) in [6.45, 7) is 11.7. The maximum Gasteiger partial charge on any atom is 0.244 e. The van der Waals surface area contributed by atoms with Gasteiger partial charge in [0.2, 0.25) is 10.0 Å². The Labute approximate surface area is 120 Å². The van der Waals surface area contributed by atoms with Gasteiger partial charge in [0.25, 0.3) is 0 Å². The lowest BCUT2D eigenvalue weighted by atomic mass is 10.4. The normalized spacial score (nSPS) is 12.6. The number of nitrogens with zero attached hydrogens (tertiary/aromatic N) is 1. The number of hydrogen-bond acceptors (Lipinski definition) is 4. The van der Waals surface area contributed by atoms with Crippen LogP contribution in [0.25, 0.3) is 0 Å². The van der Waals surface area contributed by atoms with Crippen molar-refractivity contribution in [2.45, 2.75) is 52.1 Å². The van der Waals surface area contributed by atoms with Gasteiger partial charge in [-0.05, 0) is 33.4 Å². The van der Waals surface area contributed by atoms with Crippen molar-refractivity contribution in [3.8, 4) is 0 Å². The minimum atomic E-state index is -3.37. The van der Waals surface area contributed by atoms with Crippen LogP contribution in [-0.2, 0) is 16.6 Å². The fourth-order valence-electron chi connectivity index (χ4n) is 2.05. The van der Waals surface area contributed by atoms with E-state index in [4.69, 9.17) is 0 Å². The number of aryl methyl sites for hydroxylation is 1. The Balaban J connectivity index is 3.10. The van der Waals surface area contributed by atoms with Crippen molar-refractivity contribution < 1.29 is 8.42 Å². The van der Waals surface area contributed by atoms with Crippen LogP contribution in [0.4, 0.5) is 0 Å². The highest BCUT2D eigenvalue weighted by Crippen LogP contribution is 2.29. The van der Waals surface area contributed by atoms with Gasteiger partial charge in [0.15, 0.2) is 0 Å². The zero-order valence-electron chi connectivity index (χ0n) is 12.4. The van der Waals surface area contributed by atoms with Gasteiger partial charge in [0.1, 0.15) is 0 Å². The molecule has 1 rings (SSSR count). The summed E-state index contributed by atoms with van der Waals surface area (Å²) in [7, 11) is -3.37. The van der Waals surface area contributed by atoms with Crippen LogP contribution in [0.5, 0.6) is 0 Å². The van der Waals surface area contributed by atoms with Crippen LogP contribution in [0.2, 0.25) is 0 Å². The van der Waals surface area contributed by atoms with Gasteiger partial charge in [-0.3, -0.25) is 0 Å². The van der Waals surface area contributed by atoms with E-state index in [-0.39, 0.29) is 6.04 Å². The smallest absolute Gasteiger partial charge is 0.244 e. The third-order valence-electron chi connectivity index (χ3n) is 2.95. The molecule has 0 saturated heterocycles. The van der Waals surface area contributed by atoms with Gasteiger partial charge in [0.05, 0.1) is 4.90 Å². The Morgan fingerprint density at radius 3 is 2.47 bits per heavy atom. The lowest BCUT2D eigenvalue weighted by Gasteiger charge is -2.24. The van der Waals surface area contributed by atoms with Crippen molar-refractivity contribution in [3.63, 3.8) is 0 Å². The van der Waals surface area contributed by atoms with Gasteiger partial charge in [-0.25, -0.2) is 8.42 Å². The minimum Gasteiger partial charge on any atom is -0.312 e. The second kappa shape index (κ2) is 6.83. The molecule has 0 aromatic carbocycles. The molecule has 4 nitrogen and oxygen atoms in total. The summed E-state index contributed by atoms with van der Waals surface area (Å²) >= 11 is 1.55. The van der Waals surface area contributed by atoms with Crippen LogP contribution < -0.4 is 5.32 Å². The quantitative estimate of drug-likeness (QED) is 0.842. The number of sulfonamides is 1. The number of thiophene rings is 1. The van der Waals surface area contributed by atoms with Crippen LogP contribution in [0.3, 0.4) is 0 Å². The Hall–Kier alpha value is -0.430. The molecule has 0 radical (unpaired) electrons. The van der Waals surface area contributed by atoms with Crippen LogP contribution in [0.15, 0.2) is 11.0 Å². The third kappa shape index (κ3) is 3.78. The molecule has 0 amide bonds. The standard InChI is InChI=1S/C13H24N2O2S2/c1-6-14-9-12-8-13(11(5)18-12)19(16,17)15(7-2)10(3)4/h8,10,14H,6-7,9H2,1-5H3. The van der Waals surface area contributed by atoms with E-state index in [1.165, 1.54) is 0 Å². The Morgan fingerprint density at radius 1 is 1.37 bits per heavy atom. The molecule has 1 aromatic rings. The maximum absolute atomic E-state index is 12.6. The van der Waals surface area contributed by atoms with Crippen LogP contribution in [0.1, 0.15) is 37.4 Å². The van der Waals surface area contributed by atoms with Crippen LogP contribution in [0, 0.1) is 6.92 Å². The minimum absolute atomic E-state index is 0.0217. The lowest BCUT2D eigenvalue weighted by Crippen LogP contribution is -2.36. The molecule has 0 unspecified atom stereocenters. The van der Waals surface area contributed by atoms with Gasteiger partial charge >= 0.3 is 0 Å². The van der Waals surface area contributed by atoms with Crippen molar-refractivity contribution >= 4 is 21.4 Å². The lowest BCUT2D eigenvalue weighted by molar-refractivity contribution is 0.369. The predicted molar refractivity (Wildman–Crippen MR) is 81.1 cm³/mol. The van der Waals surface area contributed by atoms with Crippen molar-refractivity contribution in [1.29, 1.82) is 0 Å². The fourth-order valence-corrected chi connectivity index (χ4v) is 5.28. The first kappa shape index (κ1) is 16.6. The van der Waals surface area contributed by atoms with Gasteiger partial charge in [-0.15, -0.1) is 11.3 Å². The average molecular weight is 304 g/mol. The van der Waals surface area contributed by atoms with E-state index in [2.05, 4.69) is 5.32 Å². The van der Waals surface area contributed by atoms with E-state index >= 15 is 0 Å². The number of nitrogens with one attached hydrogen (secondary N) is 1. The number of rotatable bonds is 7. The summed E-state index contributed by atoms with van der Waals surface area (Å²) in [6, 6.07) is 1.79. The molecule has 0 aliphatic heterocycles. The van der Waals surface area contributed by atoms with E-state index in [0.29, 0.717) is 11.4 Å². The molecule has 0 aliphatic rings. The fraction of sp³-hybridized carbons (Fsp3) is 0.692. The Bertz CT molecular complexity index is 507. The molecule has 0 saturated carbocycles. The number of hydrogen-bond donors (Lipinski definition) is 1. The Kier molecular flexibility index (Phi) is 5.98. The summed E-state index contributed by atoms with van der Waals surface area (Å²) in [4.78, 5) is 2.39. The molecule has 110 valence electrons. The summed E-state index contributed by atoms with van der Waals surface area (Å²) in [5.41, 5.74) is 0. The summed E-state index contributed by atoms with van der Waals surface area (Å²) in [5, 5.41) is 3.22. The van der Waals surface area contributed by atoms with Gasteiger partial charge in [-0.2, -0.15) is 4.31 Å². The molecular weight excluding hydrogens is 280 g/mol. The zero-order chi connectivity index (χ0) is 14.6. The van der Waals surface area contributed by atoms with E-state index in [0.717, 1.165) is 22.8 Å². The molecule has 0 fully saturated rings. The first-order valence-electron chi connectivity index (χ1n) is 6.66. The predicted octanol–water partition coefficient (Wildman–Crippen LogP) is 2.59. The van der Waals surface area contributed by atoms with Crippen LogP contribution in [-0.4, -0.2) is 31.9 Å². The molecule has 1 N–H and O–H groups in total. The van der Waals surface area contributed by atoms with Crippen molar-refractivity contribution in [3.05, 3.63) is 15.8 Å². The van der Waals surface area contributed by atoms with Crippen molar-refractivity contribution in [1.82, 2.24) is 9.62 Å². The topological polar surface area (TPSA) is 49.4 Å². The molecular formula is C13H24N2O2S2. The van der Waals surface area contributed by atoms with Gasteiger partial charge in [0, 0.05) is 28.9 Å². The van der Waals surface area contributed by atoms with Gasteiger partial charge < -0.3 is 5.32 Å². The molecule has 0 bridgehead atoms. The Morgan fingerprint density at radius 2 is 2.00 bits per heavy atom. The molecule has 1 aromatic heterocycles. The molecule has 0 atom stereocenters. The summed E-state index contributed by atoms with van der Waals surface area (Å²) in [6.07, 6.45) is 0. The molecule has 0 spiro atoms. The monoisotopic (exact) mass is 304 g/mol.